The van der Waals surface area contributed by atoms with E-state index in [2.05, 4.69) is 24.1 Å². The van der Waals surface area contributed by atoms with E-state index in [4.69, 9.17) is 21.1 Å². The van der Waals surface area contributed by atoms with Crippen molar-refractivity contribution in [2.45, 2.75) is 48.3 Å². The van der Waals surface area contributed by atoms with E-state index < -0.39 is 17.1 Å². The normalized spacial score (nSPS) is 42.2. The van der Waals surface area contributed by atoms with Crippen LogP contribution in [0.4, 0.5) is 0 Å². The molecule has 0 saturated carbocycles. The van der Waals surface area contributed by atoms with Crippen molar-refractivity contribution in [1.82, 2.24) is 4.90 Å². The maximum atomic E-state index is 11.0. The molecule has 1 aromatic carbocycles. The molecule has 1 aromatic rings. The molecule has 1 spiro atoms. The Morgan fingerprint density at radius 1 is 1.42 bits per heavy atom. The molecule has 0 radical (unpaired) electrons. The Labute approximate surface area is 147 Å². The minimum Gasteiger partial charge on any atom is -0.493 e. The van der Waals surface area contributed by atoms with E-state index >= 15 is 0 Å². The molecule has 0 amide bonds. The molecule has 0 aromatic heterocycles. The predicted molar refractivity (Wildman–Crippen MR) is 92.2 cm³/mol. The molecule has 2 bridgehead atoms. The summed E-state index contributed by atoms with van der Waals surface area (Å²) in [7, 11) is 3.84. The van der Waals surface area contributed by atoms with Crippen LogP contribution in [0.15, 0.2) is 23.8 Å². The smallest absolute Gasteiger partial charge is 0.166 e. The first-order chi connectivity index (χ1) is 11.4. The van der Waals surface area contributed by atoms with E-state index in [1.165, 1.54) is 16.7 Å². The lowest BCUT2D eigenvalue weighted by molar-refractivity contribution is -0.0853. The third-order valence-corrected chi connectivity index (χ3v) is 7.22. The highest BCUT2D eigenvalue weighted by atomic mass is 35.5. The van der Waals surface area contributed by atoms with Gasteiger partial charge in [-0.05, 0) is 50.6 Å². The van der Waals surface area contributed by atoms with Crippen molar-refractivity contribution in [2.24, 2.45) is 0 Å². The first kappa shape index (κ1) is 15.1. The lowest BCUT2D eigenvalue weighted by atomic mass is 9.51. The number of aliphatic hydroxyl groups excluding tert-OH is 1. The van der Waals surface area contributed by atoms with Crippen LogP contribution in [-0.2, 0) is 11.8 Å². The van der Waals surface area contributed by atoms with Gasteiger partial charge in [0.25, 0.3) is 0 Å². The number of piperidine rings is 1. The molecule has 4 aliphatic rings. The largest absolute Gasteiger partial charge is 0.493 e. The van der Waals surface area contributed by atoms with Gasteiger partial charge in [0.15, 0.2) is 11.5 Å². The lowest BCUT2D eigenvalue weighted by Gasteiger charge is -2.58. The molecule has 1 N–H and O–H groups in total. The Balaban J connectivity index is 1.89. The van der Waals surface area contributed by atoms with Crippen LogP contribution in [-0.4, -0.2) is 53.8 Å². The molecule has 2 heterocycles. The van der Waals surface area contributed by atoms with Crippen LogP contribution in [0, 0.1) is 0 Å². The number of nitrogens with zero attached hydrogens (tertiary/aromatic N) is 1. The lowest BCUT2D eigenvalue weighted by Crippen LogP contribution is -2.69. The topological polar surface area (TPSA) is 41.9 Å². The quantitative estimate of drug-likeness (QED) is 0.625. The molecule has 4 nitrogen and oxygen atoms in total. The van der Waals surface area contributed by atoms with Crippen LogP contribution in [0.3, 0.4) is 0 Å². The summed E-state index contributed by atoms with van der Waals surface area (Å²) in [5.41, 5.74) is 2.80. The first-order valence-electron chi connectivity index (χ1n) is 8.58. The van der Waals surface area contributed by atoms with Crippen molar-refractivity contribution >= 4 is 11.6 Å². The molecule has 2 aliphatic heterocycles. The molecule has 1 fully saturated rings. The highest BCUT2D eigenvalue weighted by Crippen LogP contribution is 2.66. The SMILES string of the molecule is COc1ccc2c3c1O[C@@]1(C)[C@@H](O)[C@H](Cl)C=C4[C@@H](C2)N(C)CC[C@@]431. The number of benzene rings is 1. The van der Waals surface area contributed by atoms with Gasteiger partial charge in [0.2, 0.25) is 0 Å². The van der Waals surface area contributed by atoms with Gasteiger partial charge in [0.1, 0.15) is 11.7 Å². The van der Waals surface area contributed by atoms with Crippen molar-refractivity contribution in [2.75, 3.05) is 20.7 Å². The minimum atomic E-state index is -0.755. The number of rotatable bonds is 1. The second kappa shape index (κ2) is 4.48. The third kappa shape index (κ3) is 1.41. The summed E-state index contributed by atoms with van der Waals surface area (Å²) in [5.74, 6) is 1.55. The molecule has 1 saturated heterocycles. The monoisotopic (exact) mass is 347 g/mol. The molecule has 128 valence electrons. The van der Waals surface area contributed by atoms with Crippen molar-refractivity contribution in [3.05, 3.63) is 34.9 Å². The van der Waals surface area contributed by atoms with Gasteiger partial charge in [-0.3, -0.25) is 4.90 Å². The number of hydrogen-bond acceptors (Lipinski definition) is 4. The third-order valence-electron chi connectivity index (χ3n) is 6.86. The molecule has 5 heteroatoms. The Bertz CT molecular complexity index is 778. The van der Waals surface area contributed by atoms with Gasteiger partial charge in [-0.15, -0.1) is 11.6 Å². The van der Waals surface area contributed by atoms with Crippen LogP contribution in [0.1, 0.15) is 24.5 Å². The van der Waals surface area contributed by atoms with Gasteiger partial charge in [-0.1, -0.05) is 12.1 Å². The summed E-state index contributed by atoms with van der Waals surface area (Å²) >= 11 is 6.53. The number of likely N-dealkylation sites (tertiary alicyclic amines) is 1. The molecule has 5 rings (SSSR count). The molecular formula is C19H22ClNO3. The number of halogens is 1. The van der Waals surface area contributed by atoms with Crippen LogP contribution >= 0.6 is 11.6 Å². The van der Waals surface area contributed by atoms with Gasteiger partial charge in [0.05, 0.1) is 17.9 Å². The Hall–Kier alpha value is -1.23. The van der Waals surface area contributed by atoms with E-state index in [9.17, 15) is 5.11 Å². The average Bonchev–Trinajstić information content (AvgIpc) is 2.84. The molecule has 2 aliphatic carbocycles. The number of alkyl halides is 1. The van der Waals surface area contributed by atoms with Crippen molar-refractivity contribution in [3.63, 3.8) is 0 Å². The number of ether oxygens (including phenoxy) is 2. The van der Waals surface area contributed by atoms with Crippen LogP contribution < -0.4 is 9.47 Å². The zero-order valence-electron chi connectivity index (χ0n) is 14.2. The second-order valence-electron chi connectivity index (χ2n) is 7.71. The molecule has 5 atom stereocenters. The van der Waals surface area contributed by atoms with Gasteiger partial charge in [0, 0.05) is 11.6 Å². The van der Waals surface area contributed by atoms with Crippen LogP contribution in [0.2, 0.25) is 0 Å². The van der Waals surface area contributed by atoms with E-state index in [1.807, 2.05) is 13.0 Å². The van der Waals surface area contributed by atoms with Crippen LogP contribution in [0.25, 0.3) is 0 Å². The number of hydrogen-bond donors (Lipinski definition) is 1. The zero-order valence-corrected chi connectivity index (χ0v) is 14.9. The maximum Gasteiger partial charge on any atom is 0.166 e. The van der Waals surface area contributed by atoms with Crippen molar-refractivity contribution < 1.29 is 14.6 Å². The summed E-state index contributed by atoms with van der Waals surface area (Å²) in [4.78, 5) is 2.41. The van der Waals surface area contributed by atoms with Gasteiger partial charge in [-0.2, -0.15) is 0 Å². The zero-order chi connectivity index (χ0) is 16.9. The van der Waals surface area contributed by atoms with Crippen molar-refractivity contribution in [1.29, 1.82) is 0 Å². The second-order valence-corrected chi connectivity index (χ2v) is 8.21. The highest BCUT2D eigenvalue weighted by molar-refractivity contribution is 6.22. The average molecular weight is 348 g/mol. The van der Waals surface area contributed by atoms with E-state index in [1.54, 1.807) is 7.11 Å². The fraction of sp³-hybridized carbons (Fsp3) is 0.579. The van der Waals surface area contributed by atoms with Gasteiger partial charge >= 0.3 is 0 Å². The Morgan fingerprint density at radius 3 is 2.96 bits per heavy atom. The summed E-state index contributed by atoms with van der Waals surface area (Å²) in [6.45, 7) is 3.01. The van der Waals surface area contributed by atoms with E-state index in [-0.39, 0.29) is 5.41 Å². The predicted octanol–water partition coefficient (Wildman–Crippen LogP) is 2.25. The minimum absolute atomic E-state index is 0.299. The van der Waals surface area contributed by atoms with Gasteiger partial charge in [-0.25, -0.2) is 0 Å². The van der Waals surface area contributed by atoms with E-state index in [0.29, 0.717) is 6.04 Å². The Kier molecular flexibility index (Phi) is 2.81. The fourth-order valence-corrected chi connectivity index (χ4v) is 6.00. The molecule has 24 heavy (non-hydrogen) atoms. The highest BCUT2D eigenvalue weighted by Gasteiger charge is 2.70. The summed E-state index contributed by atoms with van der Waals surface area (Å²) in [6, 6.07) is 4.47. The maximum absolute atomic E-state index is 11.0. The number of likely N-dealkylation sites (N-methyl/N-ethyl adjacent to an activating group) is 1. The Morgan fingerprint density at radius 2 is 2.21 bits per heavy atom. The first-order valence-corrected chi connectivity index (χ1v) is 9.01. The number of methoxy groups -OCH3 is 1. The van der Waals surface area contributed by atoms with Crippen LogP contribution in [0.5, 0.6) is 11.5 Å². The molecular weight excluding hydrogens is 326 g/mol. The number of aliphatic hydroxyl groups is 1. The summed E-state index contributed by atoms with van der Waals surface area (Å²) in [5, 5.41) is 10.6. The summed E-state index contributed by atoms with van der Waals surface area (Å²) in [6.07, 6.45) is 3.22. The van der Waals surface area contributed by atoms with E-state index in [0.717, 1.165) is 30.9 Å². The summed E-state index contributed by atoms with van der Waals surface area (Å²) < 4.78 is 12.1. The fourth-order valence-electron chi connectivity index (χ4n) is 5.63. The molecule has 0 unspecified atom stereocenters. The van der Waals surface area contributed by atoms with Gasteiger partial charge < -0.3 is 14.6 Å². The van der Waals surface area contributed by atoms with Crippen molar-refractivity contribution in [3.8, 4) is 11.5 Å². The standard InChI is InChI=1S/C19H22ClNO3/c1-18-17(22)12(20)9-11-13-8-10-4-5-14(23-3)16(24-18)15(10)19(11,18)6-7-21(13)2/h4-5,9,12-13,17,22H,6-8H2,1-3H3/t12-,13-,17+,18+,19-/m1/s1.